The molecule has 2 aromatic rings. The lowest BCUT2D eigenvalue weighted by atomic mass is 10.1. The molecule has 0 fully saturated rings. The van der Waals surface area contributed by atoms with Gasteiger partial charge in [0, 0.05) is 6.54 Å². The van der Waals surface area contributed by atoms with Gasteiger partial charge in [0.1, 0.15) is 5.75 Å². The molecule has 122 valence electrons. The molecule has 1 N–H and O–H groups in total. The number of halogens is 3. The number of hydrogen-bond donors (Lipinski definition) is 1. The van der Waals surface area contributed by atoms with Gasteiger partial charge in [-0.2, -0.15) is 13.2 Å². The third-order valence-electron chi connectivity index (χ3n) is 3.24. The lowest BCUT2D eigenvalue weighted by molar-refractivity contribution is -0.137. The highest BCUT2D eigenvalue weighted by atomic mass is 19.4. The van der Waals surface area contributed by atoms with Crippen LogP contribution < -0.4 is 10.1 Å². The Hall–Kier alpha value is -2.50. The molecule has 0 aromatic heterocycles. The minimum atomic E-state index is -4.41. The minimum absolute atomic E-state index is 0.103. The first-order chi connectivity index (χ1) is 10.9. The molecular formula is C17H16F3NO2. The summed E-state index contributed by atoms with van der Waals surface area (Å²) in [5, 5.41) is 2.68. The van der Waals surface area contributed by atoms with Crippen LogP contribution >= 0.6 is 0 Å². The molecule has 0 aliphatic heterocycles. The fourth-order valence-corrected chi connectivity index (χ4v) is 2.09. The molecule has 0 unspecified atom stereocenters. The maximum absolute atomic E-state index is 12.6. The van der Waals surface area contributed by atoms with Gasteiger partial charge >= 0.3 is 6.18 Å². The van der Waals surface area contributed by atoms with E-state index in [2.05, 4.69) is 5.32 Å². The number of benzene rings is 2. The Morgan fingerprint density at radius 1 is 1.09 bits per heavy atom. The van der Waals surface area contributed by atoms with Gasteiger partial charge in [0.25, 0.3) is 0 Å². The second-order valence-electron chi connectivity index (χ2n) is 5.00. The van der Waals surface area contributed by atoms with Crippen molar-refractivity contribution < 1.29 is 22.7 Å². The normalized spacial score (nSPS) is 11.1. The summed E-state index contributed by atoms with van der Waals surface area (Å²) >= 11 is 0. The van der Waals surface area contributed by atoms with Crippen LogP contribution in [0.15, 0.2) is 48.5 Å². The van der Waals surface area contributed by atoms with Gasteiger partial charge in [-0.3, -0.25) is 4.79 Å². The summed E-state index contributed by atoms with van der Waals surface area (Å²) in [6.07, 6.45) is -4.51. The van der Waals surface area contributed by atoms with Crippen molar-refractivity contribution >= 4 is 5.91 Å². The summed E-state index contributed by atoms with van der Waals surface area (Å²) in [4.78, 5) is 11.9. The standard InChI is InChI=1S/C17H16F3NO2/c1-23-15-7-3-5-13(9-15)11-21-16(22)10-12-4-2-6-14(8-12)17(18,19)20/h2-9H,10-11H2,1H3,(H,21,22). The monoisotopic (exact) mass is 323 g/mol. The summed E-state index contributed by atoms with van der Waals surface area (Å²) in [5.41, 5.74) is 0.417. The van der Waals surface area contributed by atoms with Crippen LogP contribution in [0.3, 0.4) is 0 Å². The van der Waals surface area contributed by atoms with Crippen LogP contribution in [0.25, 0.3) is 0 Å². The van der Waals surface area contributed by atoms with E-state index in [1.54, 1.807) is 25.3 Å². The number of amides is 1. The second kappa shape index (κ2) is 7.17. The highest BCUT2D eigenvalue weighted by molar-refractivity contribution is 5.78. The fraction of sp³-hybridized carbons (Fsp3) is 0.235. The Morgan fingerprint density at radius 2 is 1.78 bits per heavy atom. The van der Waals surface area contributed by atoms with Crippen LogP contribution in [0.4, 0.5) is 13.2 Å². The molecule has 2 rings (SSSR count). The average Bonchev–Trinajstić information content (AvgIpc) is 2.52. The Labute approximate surface area is 132 Å². The van der Waals surface area contributed by atoms with Gasteiger partial charge in [0.2, 0.25) is 5.91 Å². The van der Waals surface area contributed by atoms with E-state index in [0.717, 1.165) is 17.7 Å². The van der Waals surface area contributed by atoms with Crippen molar-refractivity contribution in [3.05, 3.63) is 65.2 Å². The molecule has 0 heterocycles. The molecule has 0 aliphatic rings. The Bertz CT molecular complexity index is 684. The maximum Gasteiger partial charge on any atom is 0.416 e. The van der Waals surface area contributed by atoms with Crippen molar-refractivity contribution in [2.75, 3.05) is 7.11 Å². The molecule has 6 heteroatoms. The van der Waals surface area contributed by atoms with Crippen molar-refractivity contribution in [1.82, 2.24) is 5.32 Å². The van der Waals surface area contributed by atoms with Crippen LogP contribution in [-0.4, -0.2) is 13.0 Å². The van der Waals surface area contributed by atoms with Gasteiger partial charge in [0.15, 0.2) is 0 Å². The predicted octanol–water partition coefficient (Wildman–Crippen LogP) is 3.57. The third kappa shape index (κ3) is 5.02. The van der Waals surface area contributed by atoms with E-state index in [1.165, 1.54) is 12.1 Å². The Kier molecular flexibility index (Phi) is 5.26. The van der Waals surface area contributed by atoms with Crippen LogP contribution in [0.1, 0.15) is 16.7 Å². The summed E-state index contributed by atoms with van der Waals surface area (Å²) in [6, 6.07) is 12.0. The highest BCUT2D eigenvalue weighted by Crippen LogP contribution is 2.29. The molecule has 0 saturated heterocycles. The first-order valence-corrected chi connectivity index (χ1v) is 6.94. The fourth-order valence-electron chi connectivity index (χ4n) is 2.09. The Morgan fingerprint density at radius 3 is 2.48 bits per heavy atom. The minimum Gasteiger partial charge on any atom is -0.497 e. The lowest BCUT2D eigenvalue weighted by Gasteiger charge is -2.09. The summed E-state index contributed by atoms with van der Waals surface area (Å²) in [6.45, 7) is 0.287. The number of nitrogens with one attached hydrogen (secondary N) is 1. The summed E-state index contributed by atoms with van der Waals surface area (Å²) in [5.74, 6) is 0.335. The van der Waals surface area contributed by atoms with E-state index < -0.39 is 11.7 Å². The van der Waals surface area contributed by atoms with Crippen molar-refractivity contribution in [1.29, 1.82) is 0 Å². The molecule has 0 atom stereocenters. The predicted molar refractivity (Wildman–Crippen MR) is 80.0 cm³/mol. The first-order valence-electron chi connectivity index (χ1n) is 6.94. The van der Waals surface area contributed by atoms with Gasteiger partial charge in [-0.25, -0.2) is 0 Å². The Balaban J connectivity index is 1.94. The van der Waals surface area contributed by atoms with Crippen molar-refractivity contribution in [3.63, 3.8) is 0 Å². The van der Waals surface area contributed by atoms with Crippen molar-refractivity contribution in [2.45, 2.75) is 19.1 Å². The quantitative estimate of drug-likeness (QED) is 0.913. The van der Waals surface area contributed by atoms with E-state index >= 15 is 0 Å². The van der Waals surface area contributed by atoms with Gasteiger partial charge in [0.05, 0.1) is 19.1 Å². The van der Waals surface area contributed by atoms with E-state index in [0.29, 0.717) is 11.3 Å². The second-order valence-corrected chi connectivity index (χ2v) is 5.00. The third-order valence-corrected chi connectivity index (χ3v) is 3.24. The molecule has 23 heavy (non-hydrogen) atoms. The summed E-state index contributed by atoms with van der Waals surface area (Å²) < 4.78 is 43.0. The SMILES string of the molecule is COc1cccc(CNC(=O)Cc2cccc(C(F)(F)F)c2)c1. The molecule has 0 aliphatic carbocycles. The summed E-state index contributed by atoms with van der Waals surface area (Å²) in [7, 11) is 1.55. The maximum atomic E-state index is 12.6. The number of carbonyl (C=O) groups is 1. The van der Waals surface area contributed by atoms with E-state index in [4.69, 9.17) is 4.74 Å². The molecule has 0 bridgehead atoms. The van der Waals surface area contributed by atoms with Crippen LogP contribution in [0.2, 0.25) is 0 Å². The topological polar surface area (TPSA) is 38.3 Å². The number of hydrogen-bond acceptors (Lipinski definition) is 2. The van der Waals surface area contributed by atoms with Crippen LogP contribution in [0.5, 0.6) is 5.75 Å². The number of alkyl halides is 3. The number of methoxy groups -OCH3 is 1. The highest BCUT2D eigenvalue weighted by Gasteiger charge is 2.30. The van der Waals surface area contributed by atoms with Gasteiger partial charge in [-0.05, 0) is 29.3 Å². The molecular weight excluding hydrogens is 307 g/mol. The zero-order valence-corrected chi connectivity index (χ0v) is 12.5. The zero-order valence-electron chi connectivity index (χ0n) is 12.5. The van der Waals surface area contributed by atoms with Crippen molar-refractivity contribution in [3.8, 4) is 5.75 Å². The first kappa shape index (κ1) is 16.9. The van der Waals surface area contributed by atoms with Gasteiger partial charge in [-0.15, -0.1) is 0 Å². The largest absolute Gasteiger partial charge is 0.497 e. The molecule has 2 aromatic carbocycles. The zero-order chi connectivity index (χ0) is 16.9. The number of rotatable bonds is 5. The number of ether oxygens (including phenoxy) is 1. The smallest absolute Gasteiger partial charge is 0.416 e. The van der Waals surface area contributed by atoms with Gasteiger partial charge < -0.3 is 10.1 Å². The van der Waals surface area contributed by atoms with E-state index in [1.807, 2.05) is 6.07 Å². The number of carbonyl (C=O) groups excluding carboxylic acids is 1. The van der Waals surface area contributed by atoms with Crippen LogP contribution in [0, 0.1) is 0 Å². The molecule has 0 radical (unpaired) electrons. The average molecular weight is 323 g/mol. The van der Waals surface area contributed by atoms with Gasteiger partial charge in [-0.1, -0.05) is 30.3 Å². The van der Waals surface area contributed by atoms with Crippen LogP contribution in [-0.2, 0) is 23.9 Å². The molecule has 3 nitrogen and oxygen atoms in total. The van der Waals surface area contributed by atoms with Crippen molar-refractivity contribution in [2.24, 2.45) is 0 Å². The lowest BCUT2D eigenvalue weighted by Crippen LogP contribution is -2.24. The molecule has 1 amide bonds. The molecule has 0 spiro atoms. The van der Waals surface area contributed by atoms with E-state index in [-0.39, 0.29) is 18.9 Å². The van der Waals surface area contributed by atoms with E-state index in [9.17, 15) is 18.0 Å². The molecule has 0 saturated carbocycles.